The van der Waals surface area contributed by atoms with Crippen LogP contribution in [-0.2, 0) is 4.79 Å². The third kappa shape index (κ3) is 3.60. The van der Waals surface area contributed by atoms with E-state index in [0.29, 0.717) is 10.4 Å². The third-order valence-corrected chi connectivity index (χ3v) is 4.06. The van der Waals surface area contributed by atoms with E-state index in [-0.39, 0.29) is 11.7 Å². The van der Waals surface area contributed by atoms with Crippen LogP contribution in [0.2, 0.25) is 0 Å². The number of aromatic nitrogens is 1. The van der Waals surface area contributed by atoms with Crippen LogP contribution in [0.4, 0.5) is 0 Å². The van der Waals surface area contributed by atoms with Gasteiger partial charge in [0.15, 0.2) is 10.6 Å². The second-order valence-corrected chi connectivity index (χ2v) is 7.48. The Hall–Kier alpha value is -2.01. The van der Waals surface area contributed by atoms with Crippen molar-refractivity contribution in [3.63, 3.8) is 0 Å². The number of hydrogen-bond donors (Lipinski definition) is 0. The molecule has 0 aliphatic heterocycles. The van der Waals surface area contributed by atoms with E-state index in [1.54, 1.807) is 19.1 Å². The van der Waals surface area contributed by atoms with E-state index in [0.717, 1.165) is 10.6 Å². The van der Waals surface area contributed by atoms with Crippen LogP contribution in [0.25, 0.3) is 5.69 Å². The number of aryl methyl sites for hydroxylation is 1. The lowest BCUT2D eigenvalue weighted by Gasteiger charge is -2.11. The largest absolute Gasteiger partial charge is 0.295 e. The Labute approximate surface area is 134 Å². The molecule has 5 heteroatoms. The minimum absolute atomic E-state index is 0.0332. The van der Waals surface area contributed by atoms with Crippen LogP contribution in [0.15, 0.2) is 35.5 Å². The first-order valence-electron chi connectivity index (χ1n) is 7.08. The average Bonchev–Trinajstić information content (AvgIpc) is 2.78. The molecule has 0 N–H and O–H groups in total. The minimum atomic E-state index is -0.506. The summed E-state index contributed by atoms with van der Waals surface area (Å²) in [6, 6.07) is 7.30. The Kier molecular flexibility index (Phi) is 4.47. The molecule has 0 saturated heterocycles. The maximum Gasteiger partial charge on any atom is 0.253 e. The highest BCUT2D eigenvalue weighted by atomic mass is 32.1. The Morgan fingerprint density at radius 1 is 1.14 bits per heavy atom. The van der Waals surface area contributed by atoms with E-state index in [2.05, 4.69) is 4.99 Å². The Bertz CT molecular complexity index is 774. The molecule has 1 aromatic carbocycles. The van der Waals surface area contributed by atoms with Gasteiger partial charge in [0.05, 0.1) is 0 Å². The molecule has 0 saturated carbocycles. The van der Waals surface area contributed by atoms with Crippen molar-refractivity contribution < 1.29 is 9.59 Å². The summed E-state index contributed by atoms with van der Waals surface area (Å²) in [5.41, 5.74) is 1.05. The zero-order valence-corrected chi connectivity index (χ0v) is 14.3. The van der Waals surface area contributed by atoms with Gasteiger partial charge in [0.1, 0.15) is 0 Å². The lowest BCUT2D eigenvalue weighted by atomic mass is 9.96. The van der Waals surface area contributed by atoms with Gasteiger partial charge in [-0.3, -0.25) is 14.2 Å². The maximum absolute atomic E-state index is 12.2. The van der Waals surface area contributed by atoms with Crippen LogP contribution in [-0.4, -0.2) is 16.3 Å². The molecular weight excluding hydrogens is 296 g/mol. The summed E-state index contributed by atoms with van der Waals surface area (Å²) in [6.07, 6.45) is 1.95. The molecule has 1 amide bonds. The van der Waals surface area contributed by atoms with Crippen molar-refractivity contribution in [2.45, 2.75) is 34.6 Å². The fourth-order valence-electron chi connectivity index (χ4n) is 1.83. The summed E-state index contributed by atoms with van der Waals surface area (Å²) >= 11 is 1.47. The number of ketones is 1. The predicted octanol–water partition coefficient (Wildman–Crippen LogP) is 3.52. The number of carbonyl (C=O) groups is 2. The van der Waals surface area contributed by atoms with E-state index in [4.69, 9.17) is 0 Å². The molecule has 0 aliphatic carbocycles. The Balaban J connectivity index is 2.51. The minimum Gasteiger partial charge on any atom is -0.295 e. The molecule has 0 bridgehead atoms. The van der Waals surface area contributed by atoms with Crippen molar-refractivity contribution in [1.82, 2.24) is 4.57 Å². The number of nitrogens with zero attached hydrogens (tertiary/aromatic N) is 2. The Morgan fingerprint density at radius 3 is 2.23 bits per heavy atom. The van der Waals surface area contributed by atoms with Gasteiger partial charge in [-0.15, -0.1) is 11.3 Å². The maximum atomic E-state index is 12.2. The molecule has 0 fully saturated rings. The summed E-state index contributed by atoms with van der Waals surface area (Å²) in [4.78, 5) is 29.5. The number of amides is 1. The molecule has 0 radical (unpaired) electrons. The lowest BCUT2D eigenvalue weighted by molar-refractivity contribution is -0.125. The van der Waals surface area contributed by atoms with Crippen LogP contribution in [0.5, 0.6) is 0 Å². The van der Waals surface area contributed by atoms with Crippen LogP contribution >= 0.6 is 11.3 Å². The first-order valence-corrected chi connectivity index (χ1v) is 7.90. The smallest absolute Gasteiger partial charge is 0.253 e. The SMILES string of the molecule is CC(=O)c1ccc(-n2cc(C)sc2=NC(=O)C(C)(C)C)cc1. The molecule has 0 unspecified atom stereocenters. The topological polar surface area (TPSA) is 51.4 Å². The van der Waals surface area contributed by atoms with E-state index < -0.39 is 5.41 Å². The van der Waals surface area contributed by atoms with Crippen LogP contribution in [0, 0.1) is 12.3 Å². The van der Waals surface area contributed by atoms with Gasteiger partial charge in [-0.05, 0) is 38.1 Å². The van der Waals surface area contributed by atoms with Crippen molar-refractivity contribution in [1.29, 1.82) is 0 Å². The molecule has 0 aliphatic rings. The lowest BCUT2D eigenvalue weighted by Crippen LogP contribution is -2.22. The van der Waals surface area contributed by atoms with Crippen LogP contribution in [0.3, 0.4) is 0 Å². The highest BCUT2D eigenvalue weighted by Gasteiger charge is 2.21. The van der Waals surface area contributed by atoms with Gasteiger partial charge in [0.25, 0.3) is 5.91 Å². The molecule has 2 rings (SSSR count). The van der Waals surface area contributed by atoms with Crippen molar-refractivity contribution in [2.75, 3.05) is 0 Å². The second kappa shape index (κ2) is 6.01. The van der Waals surface area contributed by atoms with Gasteiger partial charge < -0.3 is 0 Å². The number of rotatable bonds is 2. The highest BCUT2D eigenvalue weighted by molar-refractivity contribution is 7.09. The molecule has 0 spiro atoms. The number of carbonyl (C=O) groups excluding carboxylic acids is 2. The van der Waals surface area contributed by atoms with E-state index >= 15 is 0 Å². The van der Waals surface area contributed by atoms with E-state index in [1.165, 1.54) is 11.3 Å². The summed E-state index contributed by atoms with van der Waals surface area (Å²) in [6.45, 7) is 9.08. The standard InChI is InChI=1S/C17H20N2O2S/c1-11-10-19(14-8-6-13(7-9-14)12(2)20)16(22-11)18-15(21)17(3,4)5/h6-10H,1-5H3. The third-order valence-electron chi connectivity index (χ3n) is 3.16. The fourth-order valence-corrected chi connectivity index (χ4v) is 2.66. The van der Waals surface area contributed by atoms with Gasteiger partial charge in [-0.25, -0.2) is 0 Å². The molecule has 116 valence electrons. The van der Waals surface area contributed by atoms with Crippen molar-refractivity contribution >= 4 is 23.0 Å². The summed E-state index contributed by atoms with van der Waals surface area (Å²) < 4.78 is 1.88. The second-order valence-electron chi connectivity index (χ2n) is 6.26. The van der Waals surface area contributed by atoms with E-state index in [1.807, 2.05) is 50.6 Å². The highest BCUT2D eigenvalue weighted by Crippen LogP contribution is 2.16. The van der Waals surface area contributed by atoms with Gasteiger partial charge in [-0.1, -0.05) is 20.8 Å². The van der Waals surface area contributed by atoms with Gasteiger partial charge in [0, 0.05) is 27.7 Å². The fraction of sp³-hybridized carbons (Fsp3) is 0.353. The predicted molar refractivity (Wildman–Crippen MR) is 88.4 cm³/mol. The zero-order chi connectivity index (χ0) is 16.5. The quantitative estimate of drug-likeness (QED) is 0.796. The molecule has 4 nitrogen and oxygen atoms in total. The molecule has 22 heavy (non-hydrogen) atoms. The van der Waals surface area contributed by atoms with Gasteiger partial charge >= 0.3 is 0 Å². The van der Waals surface area contributed by atoms with Crippen molar-refractivity contribution in [3.05, 3.63) is 45.7 Å². The first kappa shape index (κ1) is 16.4. The zero-order valence-electron chi connectivity index (χ0n) is 13.5. The van der Waals surface area contributed by atoms with E-state index in [9.17, 15) is 9.59 Å². The molecular formula is C17H20N2O2S. The summed E-state index contributed by atoms with van der Waals surface area (Å²) in [5.74, 6) is -0.116. The number of benzene rings is 1. The first-order chi connectivity index (χ1) is 10.2. The summed E-state index contributed by atoms with van der Waals surface area (Å²) in [7, 11) is 0. The summed E-state index contributed by atoms with van der Waals surface area (Å²) in [5, 5.41) is 0. The number of thiazole rings is 1. The molecule has 1 aromatic heterocycles. The Morgan fingerprint density at radius 2 is 1.73 bits per heavy atom. The normalized spacial score (nSPS) is 12.5. The van der Waals surface area contributed by atoms with Crippen molar-refractivity contribution in [2.24, 2.45) is 10.4 Å². The van der Waals surface area contributed by atoms with Gasteiger partial charge in [-0.2, -0.15) is 4.99 Å². The number of Topliss-reactive ketones (excluding diaryl/α,β-unsaturated/α-hetero) is 1. The molecule has 2 aromatic rings. The average molecular weight is 316 g/mol. The monoisotopic (exact) mass is 316 g/mol. The number of hydrogen-bond acceptors (Lipinski definition) is 3. The molecule has 1 heterocycles. The molecule has 0 atom stereocenters. The van der Waals surface area contributed by atoms with Crippen LogP contribution in [0.1, 0.15) is 42.9 Å². The van der Waals surface area contributed by atoms with Crippen molar-refractivity contribution in [3.8, 4) is 5.69 Å². The van der Waals surface area contributed by atoms with Gasteiger partial charge in [0.2, 0.25) is 0 Å². The van der Waals surface area contributed by atoms with Crippen LogP contribution < -0.4 is 4.80 Å².